The van der Waals surface area contributed by atoms with Crippen LogP contribution >= 0.6 is 34.8 Å². The molecule has 0 saturated carbocycles. The molecule has 11 heteroatoms. The van der Waals surface area contributed by atoms with Crippen LogP contribution in [0.15, 0.2) is 71.6 Å². The predicted octanol–water partition coefficient (Wildman–Crippen LogP) is 6.48. The summed E-state index contributed by atoms with van der Waals surface area (Å²) in [5.41, 5.74) is 0.730. The van der Waals surface area contributed by atoms with Crippen LogP contribution in [-0.4, -0.2) is 43.3 Å². The molecule has 1 atom stereocenters. The van der Waals surface area contributed by atoms with Crippen molar-refractivity contribution in [3.63, 3.8) is 0 Å². The topological polar surface area (TPSA) is 86.8 Å². The van der Waals surface area contributed by atoms with Gasteiger partial charge < -0.3 is 10.2 Å². The standard InChI is InChI=1S/C29H32Cl3N3O4S/c1-19-24(31)12-9-13-26(19)35(40(38,39)23-10-7-6-8-11-23)18-27(36)34(20(2)28(37)33-29(3,4)5)17-21-14-15-22(30)16-25(21)32/h6-16,20H,17-18H2,1-5H3,(H,33,37)/t20-/m1/s1. The number of sulfonamides is 1. The number of benzene rings is 3. The van der Waals surface area contributed by atoms with Crippen LogP contribution in [-0.2, 0) is 26.2 Å². The van der Waals surface area contributed by atoms with Gasteiger partial charge in [-0.3, -0.25) is 13.9 Å². The van der Waals surface area contributed by atoms with Crippen molar-refractivity contribution in [2.75, 3.05) is 10.8 Å². The molecular weight excluding hydrogens is 593 g/mol. The van der Waals surface area contributed by atoms with Gasteiger partial charge in [0, 0.05) is 27.2 Å². The fourth-order valence-corrected chi connectivity index (χ4v) is 6.12. The Labute approximate surface area is 251 Å². The average Bonchev–Trinajstić information content (AvgIpc) is 2.87. The SMILES string of the molecule is Cc1c(Cl)cccc1N(CC(=O)N(Cc1ccc(Cl)cc1Cl)[C@H](C)C(=O)NC(C)(C)C)S(=O)(=O)c1ccccc1. The Morgan fingerprint density at radius 1 is 0.925 bits per heavy atom. The van der Waals surface area contributed by atoms with E-state index in [9.17, 15) is 18.0 Å². The Kier molecular flexibility index (Phi) is 10.2. The predicted molar refractivity (Wildman–Crippen MR) is 162 cm³/mol. The number of hydrogen-bond donors (Lipinski definition) is 1. The largest absolute Gasteiger partial charge is 0.350 e. The summed E-state index contributed by atoms with van der Waals surface area (Å²) in [6, 6.07) is 16.5. The van der Waals surface area contributed by atoms with E-state index in [1.807, 2.05) is 20.8 Å². The first-order valence-electron chi connectivity index (χ1n) is 12.5. The molecule has 0 fully saturated rings. The van der Waals surface area contributed by atoms with E-state index in [1.165, 1.54) is 17.0 Å². The maximum Gasteiger partial charge on any atom is 0.264 e. The van der Waals surface area contributed by atoms with Crippen molar-refractivity contribution in [2.24, 2.45) is 0 Å². The Morgan fingerprint density at radius 2 is 1.57 bits per heavy atom. The zero-order chi connectivity index (χ0) is 29.8. The zero-order valence-electron chi connectivity index (χ0n) is 22.9. The van der Waals surface area contributed by atoms with Gasteiger partial charge in [-0.1, -0.05) is 65.1 Å². The lowest BCUT2D eigenvalue weighted by molar-refractivity contribution is -0.140. The number of rotatable bonds is 9. The number of carbonyl (C=O) groups is 2. The minimum Gasteiger partial charge on any atom is -0.350 e. The van der Waals surface area contributed by atoms with Crippen LogP contribution in [0.2, 0.25) is 15.1 Å². The highest BCUT2D eigenvalue weighted by molar-refractivity contribution is 7.92. The summed E-state index contributed by atoms with van der Waals surface area (Å²) < 4.78 is 28.8. The lowest BCUT2D eigenvalue weighted by atomic mass is 10.1. The molecule has 7 nitrogen and oxygen atoms in total. The van der Waals surface area contributed by atoms with Gasteiger partial charge in [0.05, 0.1) is 10.6 Å². The van der Waals surface area contributed by atoms with Gasteiger partial charge in [0.2, 0.25) is 11.8 Å². The van der Waals surface area contributed by atoms with Crippen molar-refractivity contribution in [1.82, 2.24) is 10.2 Å². The van der Waals surface area contributed by atoms with E-state index in [0.29, 0.717) is 26.2 Å². The average molecular weight is 625 g/mol. The number of nitrogens with one attached hydrogen (secondary N) is 1. The second kappa shape index (κ2) is 12.8. The number of carbonyl (C=O) groups excluding carboxylic acids is 2. The molecule has 0 unspecified atom stereocenters. The van der Waals surface area contributed by atoms with Crippen LogP contribution in [0.1, 0.15) is 38.8 Å². The van der Waals surface area contributed by atoms with Crippen LogP contribution in [0.3, 0.4) is 0 Å². The molecule has 3 aromatic carbocycles. The Balaban J connectivity index is 2.09. The molecule has 0 spiro atoms. The summed E-state index contributed by atoms with van der Waals surface area (Å²) in [6.07, 6.45) is 0. The van der Waals surface area contributed by atoms with E-state index in [-0.39, 0.29) is 17.1 Å². The molecule has 0 saturated heterocycles. The molecule has 0 aromatic heterocycles. The first kappa shape index (κ1) is 31.7. The third-order valence-electron chi connectivity index (χ3n) is 6.14. The van der Waals surface area contributed by atoms with Crippen LogP contribution in [0.25, 0.3) is 0 Å². The Bertz CT molecular complexity index is 1490. The minimum absolute atomic E-state index is 0.00740. The number of halogens is 3. The fourth-order valence-electron chi connectivity index (χ4n) is 3.99. The normalized spacial score (nSPS) is 12.5. The summed E-state index contributed by atoms with van der Waals surface area (Å²) >= 11 is 18.8. The van der Waals surface area contributed by atoms with E-state index < -0.39 is 40.0 Å². The third kappa shape index (κ3) is 7.69. The second-order valence-electron chi connectivity index (χ2n) is 10.4. The molecule has 0 radical (unpaired) electrons. The van der Waals surface area contributed by atoms with Crippen molar-refractivity contribution < 1.29 is 18.0 Å². The quantitative estimate of drug-likeness (QED) is 0.295. The summed E-state index contributed by atoms with van der Waals surface area (Å²) in [5.74, 6) is -1.01. The Morgan fingerprint density at radius 3 is 2.17 bits per heavy atom. The zero-order valence-corrected chi connectivity index (χ0v) is 26.0. The molecule has 0 bridgehead atoms. The lowest BCUT2D eigenvalue weighted by Gasteiger charge is -2.34. The lowest BCUT2D eigenvalue weighted by Crippen LogP contribution is -2.54. The molecule has 1 N–H and O–H groups in total. The molecule has 0 aliphatic rings. The van der Waals surface area contributed by atoms with Gasteiger partial charge >= 0.3 is 0 Å². The van der Waals surface area contributed by atoms with Gasteiger partial charge in [0.25, 0.3) is 10.0 Å². The van der Waals surface area contributed by atoms with E-state index in [4.69, 9.17) is 34.8 Å². The third-order valence-corrected chi connectivity index (χ3v) is 8.91. The summed E-state index contributed by atoms with van der Waals surface area (Å²) in [7, 11) is -4.20. The van der Waals surface area contributed by atoms with Gasteiger partial charge in [0.15, 0.2) is 0 Å². The highest BCUT2D eigenvalue weighted by Crippen LogP contribution is 2.31. The van der Waals surface area contributed by atoms with Crippen LogP contribution in [0.4, 0.5) is 5.69 Å². The van der Waals surface area contributed by atoms with Crippen molar-refractivity contribution >= 4 is 62.3 Å². The van der Waals surface area contributed by atoms with Gasteiger partial charge in [-0.05, 0) is 82.1 Å². The first-order chi connectivity index (χ1) is 18.6. The van der Waals surface area contributed by atoms with Gasteiger partial charge in [-0.2, -0.15) is 0 Å². The highest BCUT2D eigenvalue weighted by Gasteiger charge is 2.34. The van der Waals surface area contributed by atoms with Crippen molar-refractivity contribution in [3.8, 4) is 0 Å². The van der Waals surface area contributed by atoms with Crippen LogP contribution in [0, 0.1) is 6.92 Å². The minimum atomic E-state index is -4.20. The maximum absolute atomic E-state index is 14.0. The first-order valence-corrected chi connectivity index (χ1v) is 15.1. The number of anilines is 1. The van der Waals surface area contributed by atoms with E-state index in [2.05, 4.69) is 5.32 Å². The molecule has 0 heterocycles. The smallest absolute Gasteiger partial charge is 0.264 e. The molecular formula is C29H32Cl3N3O4S. The fraction of sp³-hybridized carbons (Fsp3) is 0.310. The van der Waals surface area contributed by atoms with Gasteiger partial charge in [-0.25, -0.2) is 8.42 Å². The van der Waals surface area contributed by atoms with Crippen LogP contribution < -0.4 is 9.62 Å². The van der Waals surface area contributed by atoms with Gasteiger partial charge in [-0.15, -0.1) is 0 Å². The van der Waals surface area contributed by atoms with Crippen LogP contribution in [0.5, 0.6) is 0 Å². The summed E-state index contributed by atoms with van der Waals surface area (Å²) in [4.78, 5) is 28.5. The summed E-state index contributed by atoms with van der Waals surface area (Å²) in [6.45, 7) is 8.11. The molecule has 0 aliphatic heterocycles. The Hall–Kier alpha value is -2.78. The maximum atomic E-state index is 14.0. The van der Waals surface area contributed by atoms with E-state index in [0.717, 1.165) is 4.31 Å². The molecule has 214 valence electrons. The van der Waals surface area contributed by atoms with Crippen molar-refractivity contribution in [2.45, 2.75) is 57.6 Å². The van der Waals surface area contributed by atoms with Crippen molar-refractivity contribution in [1.29, 1.82) is 0 Å². The second-order valence-corrected chi connectivity index (χ2v) is 13.5. The van der Waals surface area contributed by atoms with Gasteiger partial charge in [0.1, 0.15) is 12.6 Å². The molecule has 3 rings (SSSR count). The van der Waals surface area contributed by atoms with E-state index in [1.54, 1.807) is 68.4 Å². The monoisotopic (exact) mass is 623 g/mol. The number of amides is 2. The van der Waals surface area contributed by atoms with E-state index >= 15 is 0 Å². The molecule has 40 heavy (non-hydrogen) atoms. The summed E-state index contributed by atoms with van der Waals surface area (Å²) in [5, 5.41) is 3.96. The molecule has 0 aliphatic carbocycles. The number of hydrogen-bond acceptors (Lipinski definition) is 4. The van der Waals surface area contributed by atoms with Crippen molar-refractivity contribution in [3.05, 3.63) is 92.9 Å². The number of nitrogens with zero attached hydrogens (tertiary/aromatic N) is 2. The molecule has 3 aromatic rings. The molecule has 2 amide bonds. The highest BCUT2D eigenvalue weighted by atomic mass is 35.5.